The lowest BCUT2D eigenvalue weighted by molar-refractivity contribution is -0.0870. The van der Waals surface area contributed by atoms with Gasteiger partial charge in [-0.1, -0.05) is 16.4 Å². The van der Waals surface area contributed by atoms with Gasteiger partial charge in [0.2, 0.25) is 0 Å². The highest BCUT2D eigenvalue weighted by Crippen LogP contribution is 2.64. The van der Waals surface area contributed by atoms with Gasteiger partial charge in [0, 0.05) is 11.3 Å². The minimum absolute atomic E-state index is 0.210. The summed E-state index contributed by atoms with van der Waals surface area (Å²) in [5, 5.41) is 22.9. The second kappa shape index (κ2) is 4.17. The zero-order valence-electron chi connectivity index (χ0n) is 12.5. The minimum Gasteiger partial charge on any atom is -0.411 e. The van der Waals surface area contributed by atoms with Crippen LogP contribution in [-0.4, -0.2) is 32.5 Å². The van der Waals surface area contributed by atoms with Crippen molar-refractivity contribution in [1.29, 1.82) is 0 Å². The molecule has 8 heteroatoms. The molecule has 3 aliphatic carbocycles. The summed E-state index contributed by atoms with van der Waals surface area (Å²) in [6.07, 6.45) is -2.14. The zero-order chi connectivity index (χ0) is 16.7. The Bertz CT molecular complexity index is 942. The number of hydrogen-bond acceptors (Lipinski definition) is 4. The van der Waals surface area contributed by atoms with Gasteiger partial charge in [-0.05, 0) is 48.4 Å². The van der Waals surface area contributed by atoms with Crippen molar-refractivity contribution in [2.45, 2.75) is 31.9 Å². The van der Waals surface area contributed by atoms with E-state index in [1.54, 1.807) is 12.1 Å². The van der Waals surface area contributed by atoms with Crippen molar-refractivity contribution in [3.8, 4) is 0 Å². The molecule has 1 aromatic heterocycles. The Morgan fingerprint density at radius 1 is 1.33 bits per heavy atom. The maximum atomic E-state index is 13.9. The summed E-state index contributed by atoms with van der Waals surface area (Å²) in [4.78, 5) is 0. The van der Waals surface area contributed by atoms with Crippen LogP contribution in [0.1, 0.15) is 30.4 Å². The molecule has 1 saturated carbocycles. The Balaban J connectivity index is 1.90. The molecule has 1 fully saturated rings. The SMILES string of the molecule is ON=C1C(C(F)(F)F)=C2c3ccc4[nH]nnc4c3C[C@@]23CC[C@@H]1C3. The number of allylic oxidation sites excluding steroid dienone is 2. The third-order valence-corrected chi connectivity index (χ3v) is 5.81. The predicted octanol–water partition coefficient (Wildman–Crippen LogP) is 3.46. The van der Waals surface area contributed by atoms with Gasteiger partial charge in [-0.2, -0.15) is 13.2 Å². The summed E-state index contributed by atoms with van der Waals surface area (Å²) in [6.45, 7) is 0. The predicted molar refractivity (Wildman–Crippen MR) is 79.6 cm³/mol. The first-order valence-electron chi connectivity index (χ1n) is 7.82. The van der Waals surface area contributed by atoms with E-state index in [4.69, 9.17) is 0 Å². The highest BCUT2D eigenvalue weighted by atomic mass is 19.4. The van der Waals surface area contributed by atoms with Crippen LogP contribution in [0.25, 0.3) is 16.6 Å². The van der Waals surface area contributed by atoms with Crippen molar-refractivity contribution in [3.05, 3.63) is 28.8 Å². The number of fused-ring (bicyclic) bond motifs is 5. The molecule has 1 aromatic carbocycles. The molecule has 2 atom stereocenters. The second-order valence-electron chi connectivity index (χ2n) is 6.93. The van der Waals surface area contributed by atoms with E-state index in [-0.39, 0.29) is 17.2 Å². The van der Waals surface area contributed by atoms with E-state index >= 15 is 0 Å². The maximum absolute atomic E-state index is 13.9. The largest absolute Gasteiger partial charge is 0.418 e. The molecule has 2 aromatic rings. The molecule has 0 unspecified atom stereocenters. The van der Waals surface area contributed by atoms with Gasteiger partial charge in [-0.15, -0.1) is 5.10 Å². The van der Waals surface area contributed by atoms with E-state index < -0.39 is 17.2 Å². The van der Waals surface area contributed by atoms with Crippen molar-refractivity contribution in [2.24, 2.45) is 16.5 Å². The Labute approximate surface area is 134 Å². The van der Waals surface area contributed by atoms with Crippen molar-refractivity contribution < 1.29 is 18.4 Å². The number of rotatable bonds is 0. The highest BCUT2D eigenvalue weighted by Gasteiger charge is 2.59. The Kier molecular flexibility index (Phi) is 2.43. The molecule has 0 amide bonds. The number of aromatic amines is 1. The molecular weight excluding hydrogens is 321 g/mol. The standard InChI is InChI=1S/C16H13F3N4O/c17-16(18,19)12-11-8-1-2-10-14(21-23-20-10)9(8)6-15(11)4-3-7(5-15)13(12)22-24/h1-2,7,24H,3-6H2,(H,20,21,23)/t7-,15+/m1/s1. The summed E-state index contributed by atoms with van der Waals surface area (Å²) in [7, 11) is 0. The van der Waals surface area contributed by atoms with Crippen LogP contribution in [0.15, 0.2) is 22.9 Å². The van der Waals surface area contributed by atoms with Gasteiger partial charge < -0.3 is 5.21 Å². The number of aromatic nitrogens is 3. The fraction of sp³-hybridized carbons (Fsp3) is 0.438. The van der Waals surface area contributed by atoms with E-state index in [0.29, 0.717) is 36.8 Å². The molecule has 5 rings (SSSR count). The van der Waals surface area contributed by atoms with E-state index in [1.165, 1.54) is 0 Å². The first-order chi connectivity index (χ1) is 11.4. The van der Waals surface area contributed by atoms with E-state index in [1.807, 2.05) is 0 Å². The van der Waals surface area contributed by atoms with E-state index in [2.05, 4.69) is 20.6 Å². The topological polar surface area (TPSA) is 74.2 Å². The van der Waals surface area contributed by atoms with Crippen LogP contribution in [0.3, 0.4) is 0 Å². The summed E-state index contributed by atoms with van der Waals surface area (Å²) < 4.78 is 41.6. The highest BCUT2D eigenvalue weighted by molar-refractivity contribution is 6.13. The van der Waals surface area contributed by atoms with Crippen molar-refractivity contribution in [3.63, 3.8) is 0 Å². The summed E-state index contributed by atoms with van der Waals surface area (Å²) in [5.74, 6) is -0.336. The van der Waals surface area contributed by atoms with Crippen LogP contribution in [0.5, 0.6) is 0 Å². The number of hydrogen-bond donors (Lipinski definition) is 2. The van der Waals surface area contributed by atoms with Gasteiger partial charge in [0.15, 0.2) is 0 Å². The van der Waals surface area contributed by atoms with Gasteiger partial charge in [0.1, 0.15) is 5.52 Å². The molecule has 24 heavy (non-hydrogen) atoms. The molecule has 1 heterocycles. The fourth-order valence-electron chi connectivity index (χ4n) is 4.99. The third kappa shape index (κ3) is 1.53. The zero-order valence-corrected chi connectivity index (χ0v) is 12.5. The van der Waals surface area contributed by atoms with Crippen molar-refractivity contribution in [1.82, 2.24) is 15.4 Å². The smallest absolute Gasteiger partial charge is 0.411 e. The van der Waals surface area contributed by atoms with Gasteiger partial charge in [0.05, 0.1) is 16.8 Å². The molecule has 2 bridgehead atoms. The first-order valence-corrected chi connectivity index (χ1v) is 7.82. The molecule has 0 saturated heterocycles. The number of benzene rings is 1. The van der Waals surface area contributed by atoms with Gasteiger partial charge >= 0.3 is 6.18 Å². The molecular formula is C16H13F3N4O. The normalized spacial score (nSPS) is 30.3. The van der Waals surface area contributed by atoms with Crippen LogP contribution in [-0.2, 0) is 6.42 Å². The molecule has 3 aliphatic rings. The minimum atomic E-state index is -4.55. The third-order valence-electron chi connectivity index (χ3n) is 5.81. The van der Waals surface area contributed by atoms with Crippen LogP contribution < -0.4 is 0 Å². The Hall–Kier alpha value is -2.38. The lowest BCUT2D eigenvalue weighted by Gasteiger charge is -2.34. The number of nitrogens with zero attached hydrogens (tertiary/aromatic N) is 3. The summed E-state index contributed by atoms with van der Waals surface area (Å²) in [6, 6.07) is 3.42. The van der Waals surface area contributed by atoms with Crippen LogP contribution in [0.2, 0.25) is 0 Å². The average Bonchev–Trinajstić information content (AvgIpc) is 3.21. The molecule has 0 radical (unpaired) electrons. The van der Waals surface area contributed by atoms with Crippen LogP contribution in [0, 0.1) is 11.3 Å². The average molecular weight is 334 g/mol. The monoisotopic (exact) mass is 334 g/mol. The molecule has 124 valence electrons. The number of H-pyrrole nitrogens is 1. The lowest BCUT2D eigenvalue weighted by atomic mass is 9.70. The van der Waals surface area contributed by atoms with E-state index in [9.17, 15) is 18.4 Å². The van der Waals surface area contributed by atoms with E-state index in [0.717, 1.165) is 11.1 Å². The molecule has 5 nitrogen and oxygen atoms in total. The molecule has 0 aliphatic heterocycles. The van der Waals surface area contributed by atoms with Crippen molar-refractivity contribution in [2.75, 3.05) is 0 Å². The Morgan fingerprint density at radius 3 is 2.92 bits per heavy atom. The first kappa shape index (κ1) is 14.0. The lowest BCUT2D eigenvalue weighted by Crippen LogP contribution is -2.34. The van der Waals surface area contributed by atoms with Gasteiger partial charge in [-0.3, -0.25) is 5.10 Å². The van der Waals surface area contributed by atoms with Gasteiger partial charge in [-0.25, -0.2) is 0 Å². The van der Waals surface area contributed by atoms with Crippen LogP contribution >= 0.6 is 0 Å². The summed E-state index contributed by atoms with van der Waals surface area (Å²) >= 11 is 0. The number of nitrogens with one attached hydrogen (secondary N) is 1. The van der Waals surface area contributed by atoms with Crippen LogP contribution in [0.4, 0.5) is 13.2 Å². The Morgan fingerprint density at radius 2 is 2.17 bits per heavy atom. The maximum Gasteiger partial charge on any atom is 0.418 e. The van der Waals surface area contributed by atoms with Crippen molar-refractivity contribution >= 4 is 22.3 Å². The molecule has 1 spiro atoms. The fourth-order valence-corrected chi connectivity index (χ4v) is 4.99. The second-order valence-corrected chi connectivity index (χ2v) is 6.93. The van der Waals surface area contributed by atoms with Gasteiger partial charge in [0.25, 0.3) is 0 Å². The number of oxime groups is 1. The molecule has 2 N–H and O–H groups in total. The quantitative estimate of drug-likeness (QED) is 0.572. The summed E-state index contributed by atoms with van der Waals surface area (Å²) in [5.41, 5.74) is 1.55. The number of halogens is 3. The number of alkyl halides is 3.